The van der Waals surface area contributed by atoms with E-state index >= 15 is 0 Å². The molecule has 0 aliphatic heterocycles. The third kappa shape index (κ3) is 6.39. The van der Waals surface area contributed by atoms with Gasteiger partial charge in [-0.15, -0.1) is 0 Å². The van der Waals surface area contributed by atoms with Crippen molar-refractivity contribution in [3.8, 4) is 0 Å². The number of hydrogen-bond donors (Lipinski definition) is 3. The largest absolute Gasteiger partial charge is 0.325 e. The normalized spacial score (nSPS) is 12.7. The van der Waals surface area contributed by atoms with Crippen molar-refractivity contribution in [2.75, 3.05) is 18.9 Å². The van der Waals surface area contributed by atoms with E-state index < -0.39 is 10.0 Å². The van der Waals surface area contributed by atoms with Gasteiger partial charge in [0.2, 0.25) is 15.9 Å². The van der Waals surface area contributed by atoms with Gasteiger partial charge in [-0.3, -0.25) is 4.79 Å². The van der Waals surface area contributed by atoms with Crippen molar-refractivity contribution in [1.82, 2.24) is 10.0 Å². The van der Waals surface area contributed by atoms with Gasteiger partial charge in [-0.25, -0.2) is 13.1 Å². The van der Waals surface area contributed by atoms with Crippen molar-refractivity contribution < 1.29 is 13.2 Å². The molecule has 1 atom stereocenters. The van der Waals surface area contributed by atoms with Crippen LogP contribution in [0.1, 0.15) is 49.9 Å². The molecule has 2 aromatic carbocycles. The van der Waals surface area contributed by atoms with Gasteiger partial charge in [0.05, 0.1) is 11.4 Å². The maximum Gasteiger partial charge on any atom is 0.240 e. The molecule has 164 valence electrons. The Labute approximate surface area is 180 Å². The zero-order chi connectivity index (χ0) is 22.3. The number of amides is 1. The van der Waals surface area contributed by atoms with E-state index in [1.165, 1.54) is 18.7 Å². The molecule has 0 bridgehead atoms. The standard InChI is InChI=1S/C23H33N3O3S/c1-6-7-18-9-11-19(12-10-18)23(16(2)3)25-15-22(27)26-20-13-8-17(4)21(14-20)30(28,29)24-5/h8-14,16,23-25H,6-7,15H2,1-5H3,(H,26,27)/t23-/m0/s1. The summed E-state index contributed by atoms with van der Waals surface area (Å²) < 4.78 is 26.6. The van der Waals surface area contributed by atoms with Crippen molar-refractivity contribution in [2.24, 2.45) is 5.92 Å². The first-order chi connectivity index (χ1) is 14.2. The van der Waals surface area contributed by atoms with E-state index in [4.69, 9.17) is 0 Å². The van der Waals surface area contributed by atoms with Crippen molar-refractivity contribution in [2.45, 2.75) is 51.5 Å². The first-order valence-electron chi connectivity index (χ1n) is 10.3. The molecule has 0 aliphatic rings. The van der Waals surface area contributed by atoms with E-state index in [1.54, 1.807) is 19.1 Å². The number of sulfonamides is 1. The summed E-state index contributed by atoms with van der Waals surface area (Å²) in [6.07, 6.45) is 2.17. The zero-order valence-electron chi connectivity index (χ0n) is 18.5. The van der Waals surface area contributed by atoms with Crippen molar-refractivity contribution in [3.63, 3.8) is 0 Å². The summed E-state index contributed by atoms with van der Waals surface area (Å²) in [7, 11) is -2.22. The van der Waals surface area contributed by atoms with Crippen molar-refractivity contribution in [1.29, 1.82) is 0 Å². The molecule has 3 N–H and O–H groups in total. The van der Waals surface area contributed by atoms with E-state index in [9.17, 15) is 13.2 Å². The number of carbonyl (C=O) groups is 1. The van der Waals surface area contributed by atoms with Crippen LogP contribution >= 0.6 is 0 Å². The van der Waals surface area contributed by atoms with Gasteiger partial charge in [-0.1, -0.05) is 57.5 Å². The summed E-state index contributed by atoms with van der Waals surface area (Å²) in [5.74, 6) is 0.0847. The minimum absolute atomic E-state index is 0.0460. The number of aryl methyl sites for hydroxylation is 2. The van der Waals surface area contributed by atoms with Gasteiger partial charge < -0.3 is 10.6 Å². The quantitative estimate of drug-likeness (QED) is 0.534. The molecule has 0 radical (unpaired) electrons. The Morgan fingerprint density at radius 2 is 1.73 bits per heavy atom. The molecular formula is C23H33N3O3S. The minimum Gasteiger partial charge on any atom is -0.325 e. The Kier molecular flexibility index (Phi) is 8.58. The number of rotatable bonds is 10. The van der Waals surface area contributed by atoms with Crippen LogP contribution in [0, 0.1) is 12.8 Å². The highest BCUT2D eigenvalue weighted by Gasteiger charge is 2.18. The topological polar surface area (TPSA) is 87.3 Å². The van der Waals surface area contributed by atoms with Crippen LogP contribution in [-0.4, -0.2) is 27.9 Å². The van der Waals surface area contributed by atoms with Crippen molar-refractivity contribution in [3.05, 3.63) is 59.2 Å². The Hall–Kier alpha value is -2.22. The average Bonchev–Trinajstić information content (AvgIpc) is 2.70. The summed E-state index contributed by atoms with van der Waals surface area (Å²) in [4.78, 5) is 12.6. The van der Waals surface area contributed by atoms with E-state index in [2.05, 4.69) is 60.4 Å². The number of carbonyl (C=O) groups excluding carboxylic acids is 1. The molecule has 2 rings (SSSR count). The van der Waals surface area contributed by atoms with Crippen molar-refractivity contribution >= 4 is 21.6 Å². The molecule has 0 heterocycles. The van der Waals surface area contributed by atoms with Crippen LogP contribution in [0.25, 0.3) is 0 Å². The van der Waals surface area contributed by atoms with Gasteiger partial charge in [0.1, 0.15) is 0 Å². The molecule has 0 saturated carbocycles. The molecule has 6 nitrogen and oxygen atoms in total. The van der Waals surface area contributed by atoms with E-state index in [1.807, 2.05) is 0 Å². The lowest BCUT2D eigenvalue weighted by atomic mass is 9.94. The van der Waals surface area contributed by atoms with Crippen LogP contribution in [0.5, 0.6) is 0 Å². The van der Waals surface area contributed by atoms with Gasteiger partial charge in [-0.05, 0) is 55.1 Å². The van der Waals surface area contributed by atoms with E-state index in [0.29, 0.717) is 17.2 Å². The highest BCUT2D eigenvalue weighted by molar-refractivity contribution is 7.89. The lowest BCUT2D eigenvalue weighted by Gasteiger charge is -2.23. The maximum atomic E-state index is 12.5. The molecular weight excluding hydrogens is 398 g/mol. The van der Waals surface area contributed by atoms with Gasteiger partial charge in [0, 0.05) is 11.7 Å². The number of nitrogens with one attached hydrogen (secondary N) is 3. The second kappa shape index (κ2) is 10.7. The number of anilines is 1. The molecule has 7 heteroatoms. The number of hydrogen-bond acceptors (Lipinski definition) is 4. The van der Waals surface area contributed by atoms with E-state index in [-0.39, 0.29) is 23.4 Å². The second-order valence-electron chi connectivity index (χ2n) is 7.83. The maximum absolute atomic E-state index is 12.5. The smallest absolute Gasteiger partial charge is 0.240 e. The fourth-order valence-electron chi connectivity index (χ4n) is 3.40. The first kappa shape index (κ1) is 24.1. The lowest BCUT2D eigenvalue weighted by Crippen LogP contribution is -2.33. The third-order valence-corrected chi connectivity index (χ3v) is 6.61. The summed E-state index contributed by atoms with van der Waals surface area (Å²) in [5, 5.41) is 6.12. The Balaban J connectivity index is 2.05. The van der Waals surface area contributed by atoms with Crippen LogP contribution in [-0.2, 0) is 21.2 Å². The predicted octanol–water partition coefficient (Wildman–Crippen LogP) is 3.78. The SMILES string of the molecule is CCCc1ccc([C@@H](NCC(=O)Nc2ccc(C)c(S(=O)(=O)NC)c2)C(C)C)cc1. The minimum atomic E-state index is -3.58. The van der Waals surface area contributed by atoms with Crippen LogP contribution in [0.4, 0.5) is 5.69 Å². The molecule has 0 aliphatic carbocycles. The van der Waals surface area contributed by atoms with E-state index in [0.717, 1.165) is 18.4 Å². The van der Waals surface area contributed by atoms with Gasteiger partial charge in [-0.2, -0.15) is 0 Å². The van der Waals surface area contributed by atoms with Crippen LogP contribution < -0.4 is 15.4 Å². The second-order valence-corrected chi connectivity index (χ2v) is 9.69. The highest BCUT2D eigenvalue weighted by atomic mass is 32.2. The molecule has 1 amide bonds. The van der Waals surface area contributed by atoms with Crippen LogP contribution in [0.3, 0.4) is 0 Å². The molecule has 30 heavy (non-hydrogen) atoms. The van der Waals surface area contributed by atoms with Crippen LogP contribution in [0.15, 0.2) is 47.4 Å². The monoisotopic (exact) mass is 431 g/mol. The molecule has 0 spiro atoms. The zero-order valence-corrected chi connectivity index (χ0v) is 19.3. The fraction of sp³-hybridized carbons (Fsp3) is 0.435. The lowest BCUT2D eigenvalue weighted by molar-refractivity contribution is -0.115. The molecule has 0 fully saturated rings. The first-order valence-corrected chi connectivity index (χ1v) is 11.8. The summed E-state index contributed by atoms with van der Waals surface area (Å²) >= 11 is 0. The van der Waals surface area contributed by atoms with Crippen LogP contribution in [0.2, 0.25) is 0 Å². The Morgan fingerprint density at radius 3 is 2.30 bits per heavy atom. The summed E-state index contributed by atoms with van der Waals surface area (Å²) in [6, 6.07) is 13.4. The Bertz CT molecular complexity index is 954. The predicted molar refractivity (Wildman–Crippen MR) is 122 cm³/mol. The number of benzene rings is 2. The van der Waals surface area contributed by atoms with Gasteiger partial charge in [0.15, 0.2) is 0 Å². The Morgan fingerprint density at radius 1 is 1.07 bits per heavy atom. The fourth-order valence-corrected chi connectivity index (χ4v) is 4.40. The molecule has 0 unspecified atom stereocenters. The molecule has 2 aromatic rings. The average molecular weight is 432 g/mol. The third-order valence-electron chi connectivity index (χ3n) is 5.06. The van der Waals surface area contributed by atoms with Gasteiger partial charge in [0.25, 0.3) is 0 Å². The summed E-state index contributed by atoms with van der Waals surface area (Å²) in [5.41, 5.74) is 3.53. The van der Waals surface area contributed by atoms with Gasteiger partial charge >= 0.3 is 0 Å². The molecule has 0 saturated heterocycles. The summed E-state index contributed by atoms with van der Waals surface area (Å²) in [6.45, 7) is 8.24. The molecule has 0 aromatic heterocycles. The highest BCUT2D eigenvalue weighted by Crippen LogP contribution is 2.23.